The summed E-state index contributed by atoms with van der Waals surface area (Å²) >= 11 is 0. The van der Waals surface area contributed by atoms with Crippen LogP contribution < -0.4 is 9.80 Å². The number of hydrogen-bond acceptors (Lipinski definition) is 2. The van der Waals surface area contributed by atoms with Crippen molar-refractivity contribution in [2.24, 2.45) is 0 Å². The van der Waals surface area contributed by atoms with E-state index in [1.165, 1.54) is 83.2 Å². The zero-order valence-corrected chi connectivity index (χ0v) is 38.4. The number of hydrogen-bond donors (Lipinski definition) is 0. The number of fused-ring (bicyclic) bond motifs is 8. The van der Waals surface area contributed by atoms with Gasteiger partial charge >= 0.3 is 0 Å². The standard InChI is InChI=1S/C55H56N2Si2/c1-37-15-23-41(24-16-37)56(42-25-17-38(2)18-26-42)45-31-33-49-51(35-45)47-13-11-12-14-48(47)53-50-34-32-46(36-52(50)55(54(49)53,58(5,6)7)59(8,9)10)57(43-27-19-39(3)20-28-43)44-29-21-40(4)22-30-44/h11-36H,1-10H3. The van der Waals surface area contributed by atoms with Gasteiger partial charge in [-0.05, 0) is 144 Å². The molecule has 0 radical (unpaired) electrons. The maximum Gasteiger partial charge on any atom is 0.0579 e. The Morgan fingerprint density at radius 2 is 0.729 bits per heavy atom. The van der Waals surface area contributed by atoms with Gasteiger partial charge in [-0.1, -0.05) is 146 Å². The number of nitrogens with zero attached hydrogens (tertiary/aromatic N) is 2. The quantitative estimate of drug-likeness (QED) is 0.112. The molecule has 0 fully saturated rings. The molecule has 59 heavy (non-hydrogen) atoms. The first-order valence-electron chi connectivity index (χ1n) is 21.2. The summed E-state index contributed by atoms with van der Waals surface area (Å²) in [4.78, 5) is 4.89. The molecule has 8 aromatic rings. The van der Waals surface area contributed by atoms with Crippen LogP contribution in [-0.2, 0) is 4.66 Å². The number of anilines is 6. The predicted molar refractivity (Wildman–Crippen MR) is 263 cm³/mol. The molecule has 2 nitrogen and oxygen atoms in total. The Morgan fingerprint density at radius 3 is 1.15 bits per heavy atom. The minimum Gasteiger partial charge on any atom is -0.310 e. The second-order valence-electron chi connectivity index (χ2n) is 19.0. The highest BCUT2D eigenvalue weighted by molar-refractivity contribution is 7.00. The summed E-state index contributed by atoms with van der Waals surface area (Å²) in [7, 11) is -4.13. The van der Waals surface area contributed by atoms with Crippen LogP contribution in [0.4, 0.5) is 34.1 Å². The lowest BCUT2D eigenvalue weighted by atomic mass is 9.91. The zero-order chi connectivity index (χ0) is 41.4. The van der Waals surface area contributed by atoms with Crippen LogP contribution >= 0.6 is 0 Å². The van der Waals surface area contributed by atoms with Crippen LogP contribution in [0, 0.1) is 27.7 Å². The lowest BCUT2D eigenvalue weighted by Crippen LogP contribution is -2.63. The summed E-state index contributed by atoms with van der Waals surface area (Å²) in [5.41, 5.74) is 18.1. The van der Waals surface area contributed by atoms with E-state index in [1.54, 1.807) is 5.56 Å². The van der Waals surface area contributed by atoms with Gasteiger partial charge in [0.25, 0.3) is 0 Å². The molecule has 0 aromatic heterocycles. The van der Waals surface area contributed by atoms with Gasteiger partial charge in [-0.25, -0.2) is 0 Å². The van der Waals surface area contributed by atoms with Gasteiger partial charge < -0.3 is 9.80 Å². The van der Waals surface area contributed by atoms with E-state index in [9.17, 15) is 0 Å². The maximum atomic E-state index is 2.64. The van der Waals surface area contributed by atoms with Gasteiger partial charge in [-0.15, -0.1) is 0 Å². The Balaban J connectivity index is 1.35. The lowest BCUT2D eigenvalue weighted by molar-refractivity contribution is 0.962. The molecule has 294 valence electrons. The fourth-order valence-electron chi connectivity index (χ4n) is 10.7. The highest BCUT2D eigenvalue weighted by Crippen LogP contribution is 2.62. The van der Waals surface area contributed by atoms with E-state index in [2.05, 4.69) is 235 Å². The molecule has 0 unspecified atom stereocenters. The SMILES string of the molecule is Cc1ccc(N(c2ccc(C)cc2)c2ccc3c(c2)C([Si](C)(C)C)([Si](C)(C)C)c2c-3c3ccccc3c3cc(N(c4ccc(C)cc4)c4ccc(C)cc4)ccc23)cc1. The topological polar surface area (TPSA) is 6.48 Å². The first-order valence-corrected chi connectivity index (χ1v) is 28.2. The average Bonchev–Trinajstić information content (AvgIpc) is 3.54. The highest BCUT2D eigenvalue weighted by Gasteiger charge is 2.60. The Bertz CT molecular complexity index is 2760. The molecule has 4 heteroatoms. The van der Waals surface area contributed by atoms with Gasteiger partial charge in [0.2, 0.25) is 0 Å². The van der Waals surface area contributed by atoms with E-state index < -0.39 is 16.1 Å². The third-order valence-electron chi connectivity index (χ3n) is 13.0. The Kier molecular flexibility index (Phi) is 9.37. The molecule has 9 rings (SSSR count). The third kappa shape index (κ3) is 6.27. The molecule has 0 saturated carbocycles. The molecule has 1 aliphatic rings. The molecule has 0 amide bonds. The summed E-state index contributed by atoms with van der Waals surface area (Å²) in [6, 6.07) is 60.0. The normalized spacial score (nSPS) is 13.4. The van der Waals surface area contributed by atoms with Gasteiger partial charge in [0.05, 0.1) is 16.1 Å². The van der Waals surface area contributed by atoms with Crippen molar-refractivity contribution in [2.45, 2.75) is 71.6 Å². The summed E-state index contributed by atoms with van der Waals surface area (Å²) < 4.78 is -0.0791. The first-order chi connectivity index (χ1) is 28.2. The Labute approximate surface area is 353 Å². The summed E-state index contributed by atoms with van der Waals surface area (Å²) in [5, 5.41) is 5.39. The molecule has 1 aliphatic carbocycles. The van der Waals surface area contributed by atoms with Crippen molar-refractivity contribution in [2.75, 3.05) is 9.80 Å². The van der Waals surface area contributed by atoms with Gasteiger partial charge in [-0.3, -0.25) is 0 Å². The van der Waals surface area contributed by atoms with Crippen molar-refractivity contribution in [1.82, 2.24) is 0 Å². The van der Waals surface area contributed by atoms with Crippen molar-refractivity contribution in [1.29, 1.82) is 0 Å². The van der Waals surface area contributed by atoms with E-state index in [0.29, 0.717) is 0 Å². The second kappa shape index (κ2) is 14.3. The summed E-state index contributed by atoms with van der Waals surface area (Å²) in [5.74, 6) is 0. The van der Waals surface area contributed by atoms with E-state index in [4.69, 9.17) is 0 Å². The molecule has 8 aromatic carbocycles. The van der Waals surface area contributed by atoms with Crippen LogP contribution in [0.5, 0.6) is 0 Å². The van der Waals surface area contributed by atoms with Gasteiger partial charge in [0, 0.05) is 38.8 Å². The van der Waals surface area contributed by atoms with Crippen molar-refractivity contribution < 1.29 is 0 Å². The number of benzene rings is 8. The van der Waals surface area contributed by atoms with Gasteiger partial charge in [-0.2, -0.15) is 0 Å². The van der Waals surface area contributed by atoms with E-state index >= 15 is 0 Å². The molecule has 0 N–H and O–H groups in total. The number of aryl methyl sites for hydroxylation is 4. The minimum absolute atomic E-state index is 0.0791. The molecule has 0 saturated heterocycles. The molecule has 0 spiro atoms. The van der Waals surface area contributed by atoms with E-state index in [-0.39, 0.29) is 4.66 Å². The van der Waals surface area contributed by atoms with Gasteiger partial charge in [0.1, 0.15) is 0 Å². The monoisotopic (exact) mass is 800 g/mol. The zero-order valence-electron chi connectivity index (χ0n) is 36.4. The van der Waals surface area contributed by atoms with Crippen LogP contribution in [0.15, 0.2) is 158 Å². The number of rotatable bonds is 8. The molecule has 0 bridgehead atoms. The molecule has 0 atom stereocenters. The average molecular weight is 801 g/mol. The van der Waals surface area contributed by atoms with Crippen molar-refractivity contribution in [3.63, 3.8) is 0 Å². The fraction of sp³-hybridized carbons (Fsp3) is 0.200. The maximum absolute atomic E-state index is 2.64. The van der Waals surface area contributed by atoms with Crippen molar-refractivity contribution in [3.8, 4) is 11.1 Å². The Morgan fingerprint density at radius 1 is 0.356 bits per heavy atom. The smallest absolute Gasteiger partial charge is 0.0579 e. The molecule has 0 aliphatic heterocycles. The molecular formula is C55H56N2Si2. The van der Waals surface area contributed by atoms with E-state index in [1.807, 2.05) is 0 Å². The highest BCUT2D eigenvalue weighted by atomic mass is 28.4. The summed E-state index contributed by atoms with van der Waals surface area (Å²) in [6.07, 6.45) is 0. The first kappa shape index (κ1) is 38.8. The third-order valence-corrected chi connectivity index (χ3v) is 23.0. The largest absolute Gasteiger partial charge is 0.310 e. The Hall–Kier alpha value is -5.69. The van der Waals surface area contributed by atoms with E-state index in [0.717, 1.165) is 11.4 Å². The van der Waals surface area contributed by atoms with Crippen molar-refractivity contribution >= 4 is 71.8 Å². The minimum atomic E-state index is -2.07. The fourth-order valence-corrected chi connectivity index (χ4v) is 23.7. The predicted octanol–water partition coefficient (Wildman–Crippen LogP) is 16.2. The molecular weight excluding hydrogens is 745 g/mol. The summed E-state index contributed by atoms with van der Waals surface area (Å²) in [6.45, 7) is 24.5. The van der Waals surface area contributed by atoms with Crippen LogP contribution in [0.1, 0.15) is 33.4 Å². The van der Waals surface area contributed by atoms with Crippen LogP contribution in [-0.4, -0.2) is 16.1 Å². The van der Waals surface area contributed by atoms with Crippen LogP contribution in [0.25, 0.3) is 32.7 Å². The second-order valence-corrected chi connectivity index (χ2v) is 30.0. The molecule has 0 heterocycles. The van der Waals surface area contributed by atoms with Crippen molar-refractivity contribution in [3.05, 3.63) is 191 Å². The van der Waals surface area contributed by atoms with Gasteiger partial charge in [0.15, 0.2) is 0 Å². The lowest BCUT2D eigenvalue weighted by Gasteiger charge is -2.52. The van der Waals surface area contributed by atoms with Crippen LogP contribution in [0.2, 0.25) is 39.3 Å². The van der Waals surface area contributed by atoms with Crippen LogP contribution in [0.3, 0.4) is 0 Å².